The van der Waals surface area contributed by atoms with E-state index in [1.807, 2.05) is 0 Å². The second-order valence-corrected chi connectivity index (χ2v) is 16.4. The van der Waals surface area contributed by atoms with Crippen molar-refractivity contribution in [1.82, 2.24) is 0 Å². The molecule has 0 fully saturated rings. The third-order valence-electron chi connectivity index (χ3n) is 12.1. The Morgan fingerprint density at radius 1 is 0.453 bits per heavy atom. The van der Waals surface area contributed by atoms with Gasteiger partial charge in [-0.2, -0.15) is 0 Å². The average Bonchev–Trinajstić information content (AvgIpc) is 3.62. The number of rotatable bonds is 14. The van der Waals surface area contributed by atoms with E-state index < -0.39 is 0 Å². The predicted molar refractivity (Wildman–Crippen MR) is 274 cm³/mol. The molecule has 0 N–H and O–H groups in total. The van der Waals surface area contributed by atoms with E-state index in [0.717, 1.165) is 53.4 Å². The van der Waals surface area contributed by atoms with Gasteiger partial charge in [0.15, 0.2) is 0 Å². The fourth-order valence-electron chi connectivity index (χ4n) is 8.80. The van der Waals surface area contributed by atoms with Gasteiger partial charge in [0, 0.05) is 46.0 Å². The molecule has 0 heterocycles. The van der Waals surface area contributed by atoms with Crippen LogP contribution in [-0.2, 0) is 0 Å². The predicted octanol–water partition coefficient (Wildman–Crippen LogP) is 17.6. The minimum Gasteiger partial charge on any atom is -0.311 e. The minimum atomic E-state index is 0.185. The van der Waals surface area contributed by atoms with Gasteiger partial charge in [-0.1, -0.05) is 194 Å². The summed E-state index contributed by atoms with van der Waals surface area (Å²) in [6, 6.07) is 78.5. The molecule has 9 rings (SSSR count). The summed E-state index contributed by atoms with van der Waals surface area (Å²) in [5.74, 6) is 0.511. The van der Waals surface area contributed by atoms with Crippen LogP contribution in [0.4, 0.5) is 34.1 Å². The minimum absolute atomic E-state index is 0.185. The third kappa shape index (κ3) is 9.99. The molecule has 2 atom stereocenters. The normalized spacial score (nSPS) is 14.3. The van der Waals surface area contributed by atoms with Crippen LogP contribution in [0.1, 0.15) is 49.1 Å². The SMILES string of the molecule is C/C=C\C(/C=C\CC1=CCC=CC(c2ccc(N(c3ccccc3)c3ccc(-c4ccccc4)cc3)cc2)C1)c1ccc(N(c2ccccc2)c2ccc(-c3ccccc3)cc2)cc1. The van der Waals surface area contributed by atoms with Crippen molar-refractivity contribution in [3.63, 3.8) is 0 Å². The number of hydrogen-bond acceptors (Lipinski definition) is 2. The Kier molecular flexibility index (Phi) is 13.3. The van der Waals surface area contributed by atoms with Crippen LogP contribution in [0.3, 0.4) is 0 Å². The summed E-state index contributed by atoms with van der Waals surface area (Å²) in [5, 5.41) is 0. The Labute approximate surface area is 380 Å². The quantitative estimate of drug-likeness (QED) is 0.101. The van der Waals surface area contributed by atoms with Crippen LogP contribution in [-0.4, -0.2) is 0 Å². The van der Waals surface area contributed by atoms with E-state index in [0.29, 0.717) is 5.92 Å². The van der Waals surface area contributed by atoms with Crippen LogP contribution in [0.2, 0.25) is 0 Å². The Bertz CT molecular complexity index is 2800. The summed E-state index contributed by atoms with van der Waals surface area (Å²) in [5.41, 5.74) is 15.8. The van der Waals surface area contributed by atoms with Crippen LogP contribution in [0, 0.1) is 0 Å². The fourth-order valence-corrected chi connectivity index (χ4v) is 8.80. The molecule has 0 aliphatic heterocycles. The fraction of sp³-hybridized carbons (Fsp3) is 0.0968. The summed E-state index contributed by atoms with van der Waals surface area (Å²) in [7, 11) is 0. The lowest BCUT2D eigenvalue weighted by molar-refractivity contribution is 0.811. The maximum atomic E-state index is 2.43. The highest BCUT2D eigenvalue weighted by Crippen LogP contribution is 2.39. The summed E-state index contributed by atoms with van der Waals surface area (Å²) < 4.78 is 0. The van der Waals surface area contributed by atoms with Crippen molar-refractivity contribution in [3.8, 4) is 22.3 Å². The molecule has 312 valence electrons. The summed E-state index contributed by atoms with van der Waals surface area (Å²) in [6.45, 7) is 2.11. The number of hydrogen-bond donors (Lipinski definition) is 0. The highest BCUT2D eigenvalue weighted by molar-refractivity contribution is 5.80. The zero-order chi connectivity index (χ0) is 43.3. The molecule has 0 radical (unpaired) electrons. The lowest BCUT2D eigenvalue weighted by Crippen LogP contribution is -2.10. The van der Waals surface area contributed by atoms with Gasteiger partial charge in [0.25, 0.3) is 0 Å². The van der Waals surface area contributed by atoms with Crippen LogP contribution in [0.5, 0.6) is 0 Å². The summed E-state index contributed by atoms with van der Waals surface area (Å²) in [4.78, 5) is 4.68. The van der Waals surface area contributed by atoms with Crippen LogP contribution >= 0.6 is 0 Å². The molecular formula is C62H54N2. The zero-order valence-corrected chi connectivity index (χ0v) is 36.5. The van der Waals surface area contributed by atoms with Gasteiger partial charge < -0.3 is 9.80 Å². The van der Waals surface area contributed by atoms with Gasteiger partial charge in [-0.15, -0.1) is 0 Å². The molecule has 0 spiro atoms. The molecule has 1 aliphatic carbocycles. The van der Waals surface area contributed by atoms with Crippen molar-refractivity contribution in [3.05, 3.63) is 278 Å². The number of nitrogens with zero attached hydrogens (tertiary/aromatic N) is 2. The molecule has 0 saturated carbocycles. The Morgan fingerprint density at radius 3 is 1.33 bits per heavy atom. The molecule has 8 aromatic rings. The molecule has 0 bridgehead atoms. The maximum Gasteiger partial charge on any atom is 0.0462 e. The first kappa shape index (κ1) is 41.7. The van der Waals surface area contributed by atoms with E-state index in [2.05, 4.69) is 278 Å². The third-order valence-corrected chi connectivity index (χ3v) is 12.1. The lowest BCUT2D eigenvalue weighted by atomic mass is 9.90. The zero-order valence-electron chi connectivity index (χ0n) is 36.5. The van der Waals surface area contributed by atoms with E-state index >= 15 is 0 Å². The summed E-state index contributed by atoms with van der Waals surface area (Å²) in [6.07, 6.45) is 19.3. The van der Waals surface area contributed by atoms with Gasteiger partial charge in [-0.3, -0.25) is 0 Å². The van der Waals surface area contributed by atoms with Crippen molar-refractivity contribution in [2.75, 3.05) is 9.80 Å². The first-order valence-corrected chi connectivity index (χ1v) is 22.6. The van der Waals surface area contributed by atoms with Gasteiger partial charge in [-0.05, 0) is 132 Å². The van der Waals surface area contributed by atoms with E-state index in [1.54, 1.807) is 0 Å². The highest BCUT2D eigenvalue weighted by Gasteiger charge is 2.17. The molecule has 64 heavy (non-hydrogen) atoms. The molecule has 1 aliphatic rings. The number of anilines is 6. The van der Waals surface area contributed by atoms with Gasteiger partial charge >= 0.3 is 0 Å². The van der Waals surface area contributed by atoms with Crippen molar-refractivity contribution in [2.45, 2.75) is 38.0 Å². The molecule has 0 aromatic heterocycles. The van der Waals surface area contributed by atoms with E-state index in [9.17, 15) is 0 Å². The smallest absolute Gasteiger partial charge is 0.0462 e. The molecular weight excluding hydrogens is 773 g/mol. The molecule has 2 heteroatoms. The van der Waals surface area contributed by atoms with Crippen LogP contribution < -0.4 is 9.80 Å². The topological polar surface area (TPSA) is 6.48 Å². The van der Waals surface area contributed by atoms with Gasteiger partial charge in [0.1, 0.15) is 0 Å². The average molecular weight is 827 g/mol. The van der Waals surface area contributed by atoms with E-state index in [-0.39, 0.29) is 5.92 Å². The second-order valence-electron chi connectivity index (χ2n) is 16.4. The number of benzene rings is 8. The molecule has 2 unspecified atom stereocenters. The largest absolute Gasteiger partial charge is 0.311 e. The van der Waals surface area contributed by atoms with Crippen molar-refractivity contribution in [2.24, 2.45) is 0 Å². The highest BCUT2D eigenvalue weighted by atomic mass is 15.1. The first-order chi connectivity index (χ1) is 31.7. The summed E-state index contributed by atoms with van der Waals surface area (Å²) >= 11 is 0. The standard InChI is InChI=1S/C62H54N2/c1-2-18-49(52-31-39-59(40-32-52)63(57-27-11-5-12-28-57)60-41-33-53(34-42-60)50-21-7-3-8-22-50)26-17-20-48-19-15-16-25-56(47-48)55-37-45-62(46-38-55)64(58-29-13-6-14-30-58)61-43-35-54(36-44-61)51-23-9-4-10-24-51/h2-14,16-19,21-46,49,56H,15,20,47H2,1H3/b18-2-,26-17-. The van der Waals surface area contributed by atoms with Crippen molar-refractivity contribution >= 4 is 34.1 Å². The van der Waals surface area contributed by atoms with E-state index in [4.69, 9.17) is 0 Å². The lowest BCUT2D eigenvalue weighted by Gasteiger charge is -2.26. The second kappa shape index (κ2) is 20.5. The molecule has 2 nitrogen and oxygen atoms in total. The van der Waals surface area contributed by atoms with Crippen molar-refractivity contribution in [1.29, 1.82) is 0 Å². The van der Waals surface area contributed by atoms with Crippen LogP contribution in [0.25, 0.3) is 22.3 Å². The van der Waals surface area contributed by atoms with Gasteiger partial charge in [0.2, 0.25) is 0 Å². The molecule has 0 amide bonds. The Hall–Kier alpha value is -7.68. The van der Waals surface area contributed by atoms with Crippen LogP contribution in [0.15, 0.2) is 266 Å². The number of para-hydroxylation sites is 2. The Morgan fingerprint density at radius 2 is 0.859 bits per heavy atom. The number of allylic oxidation sites excluding steroid dienone is 8. The van der Waals surface area contributed by atoms with Gasteiger partial charge in [0.05, 0.1) is 0 Å². The van der Waals surface area contributed by atoms with E-state index in [1.165, 1.54) is 39.0 Å². The maximum absolute atomic E-state index is 2.43. The monoisotopic (exact) mass is 826 g/mol. The first-order valence-electron chi connectivity index (χ1n) is 22.6. The molecule has 0 saturated heterocycles. The van der Waals surface area contributed by atoms with Crippen molar-refractivity contribution < 1.29 is 0 Å². The Balaban J connectivity index is 0.883. The molecule has 8 aromatic carbocycles. The van der Waals surface area contributed by atoms with Gasteiger partial charge in [-0.25, -0.2) is 0 Å².